The van der Waals surface area contributed by atoms with Gasteiger partial charge >= 0.3 is 0 Å². The van der Waals surface area contributed by atoms with Crippen LogP contribution < -0.4 is 5.43 Å². The first-order chi connectivity index (χ1) is 14.2. The molecule has 4 aromatic rings. The molecule has 0 saturated carbocycles. The van der Waals surface area contributed by atoms with Crippen LogP contribution in [0.1, 0.15) is 21.5 Å². The number of imidazole rings is 1. The second kappa shape index (κ2) is 9.07. The van der Waals surface area contributed by atoms with Gasteiger partial charge in [-0.1, -0.05) is 64.1 Å². The highest BCUT2D eigenvalue weighted by atomic mass is 79.9. The number of fused-ring (bicyclic) bond motifs is 1. The van der Waals surface area contributed by atoms with Crippen molar-refractivity contribution < 1.29 is 4.79 Å². The molecular formula is C22H17BrN4OS. The van der Waals surface area contributed by atoms with Crippen molar-refractivity contribution in [1.29, 1.82) is 0 Å². The number of amides is 1. The van der Waals surface area contributed by atoms with Crippen LogP contribution in [0.5, 0.6) is 0 Å². The van der Waals surface area contributed by atoms with Crippen molar-refractivity contribution in [3.8, 4) is 0 Å². The van der Waals surface area contributed by atoms with Crippen molar-refractivity contribution in [2.45, 2.75) is 10.9 Å². The fourth-order valence-electron chi connectivity index (χ4n) is 2.72. The summed E-state index contributed by atoms with van der Waals surface area (Å²) in [5.41, 5.74) is 7.13. The third-order valence-corrected chi connectivity index (χ3v) is 5.63. The fraction of sp³-hybridized carbons (Fsp3) is 0.0455. The Bertz CT molecular complexity index is 1140. The first-order valence-corrected chi connectivity index (χ1v) is 10.7. The largest absolute Gasteiger partial charge is 0.333 e. The molecule has 0 spiro atoms. The van der Waals surface area contributed by atoms with Crippen molar-refractivity contribution in [3.63, 3.8) is 0 Å². The van der Waals surface area contributed by atoms with Gasteiger partial charge in [-0.15, -0.1) is 0 Å². The van der Waals surface area contributed by atoms with Gasteiger partial charge in [-0.25, -0.2) is 10.4 Å². The van der Waals surface area contributed by atoms with E-state index in [9.17, 15) is 4.79 Å². The smallest absolute Gasteiger partial charge is 0.271 e. The lowest BCUT2D eigenvalue weighted by Gasteiger charge is -2.03. The van der Waals surface area contributed by atoms with Gasteiger partial charge in [0.1, 0.15) is 0 Å². The normalized spacial score (nSPS) is 11.2. The molecule has 0 radical (unpaired) electrons. The molecule has 0 unspecified atom stereocenters. The molecule has 0 atom stereocenters. The fourth-order valence-corrected chi connectivity index (χ4v) is 3.98. The van der Waals surface area contributed by atoms with Crippen LogP contribution in [0.4, 0.5) is 0 Å². The highest BCUT2D eigenvalue weighted by Crippen LogP contribution is 2.23. The lowest BCUT2D eigenvalue weighted by Crippen LogP contribution is -2.17. The predicted molar refractivity (Wildman–Crippen MR) is 121 cm³/mol. The number of hydrazone groups is 1. The molecule has 2 N–H and O–H groups in total. The second-order valence-corrected chi connectivity index (χ2v) is 8.18. The van der Waals surface area contributed by atoms with Crippen molar-refractivity contribution in [3.05, 3.63) is 94.0 Å². The Labute approximate surface area is 180 Å². The van der Waals surface area contributed by atoms with Gasteiger partial charge < -0.3 is 4.98 Å². The summed E-state index contributed by atoms with van der Waals surface area (Å²) in [6.45, 7) is 0. The maximum Gasteiger partial charge on any atom is 0.271 e. The minimum Gasteiger partial charge on any atom is -0.333 e. The summed E-state index contributed by atoms with van der Waals surface area (Å²) in [6.07, 6.45) is 1.61. The standard InChI is InChI=1S/C22H17BrN4OS/c23-18-5-3-4-16(12-18)13-24-27-21(28)17-10-8-15(9-11-17)14-29-22-25-19-6-1-2-7-20(19)26-22/h1-13H,14H2,(H,25,26)(H,27,28). The number of rotatable bonds is 6. The van der Waals surface area contributed by atoms with Gasteiger partial charge in [0.05, 0.1) is 17.2 Å². The molecule has 0 aliphatic rings. The average molecular weight is 465 g/mol. The van der Waals surface area contributed by atoms with Gasteiger partial charge in [0.15, 0.2) is 5.16 Å². The number of nitrogens with zero attached hydrogens (tertiary/aromatic N) is 2. The molecule has 0 saturated heterocycles. The highest BCUT2D eigenvalue weighted by molar-refractivity contribution is 9.10. The molecule has 7 heteroatoms. The van der Waals surface area contributed by atoms with Crippen LogP contribution in [-0.4, -0.2) is 22.1 Å². The number of carbonyl (C=O) groups is 1. The molecule has 1 amide bonds. The number of para-hydroxylation sites is 2. The van der Waals surface area contributed by atoms with E-state index in [2.05, 4.69) is 36.4 Å². The molecule has 5 nitrogen and oxygen atoms in total. The molecule has 4 rings (SSSR count). The van der Waals surface area contributed by atoms with Gasteiger partial charge in [0.25, 0.3) is 5.91 Å². The molecule has 0 bridgehead atoms. The summed E-state index contributed by atoms with van der Waals surface area (Å²) in [4.78, 5) is 20.1. The predicted octanol–water partition coefficient (Wildman–Crippen LogP) is 5.38. The zero-order valence-electron chi connectivity index (χ0n) is 15.3. The lowest BCUT2D eigenvalue weighted by atomic mass is 10.1. The van der Waals surface area contributed by atoms with Gasteiger partial charge in [-0.05, 0) is 47.5 Å². The number of hydrogen-bond acceptors (Lipinski definition) is 4. The summed E-state index contributed by atoms with van der Waals surface area (Å²) in [6, 6.07) is 23.1. The molecule has 1 aromatic heterocycles. The van der Waals surface area contributed by atoms with E-state index in [4.69, 9.17) is 0 Å². The molecule has 144 valence electrons. The van der Waals surface area contributed by atoms with Gasteiger partial charge in [-0.2, -0.15) is 5.10 Å². The molecular weight excluding hydrogens is 448 g/mol. The van der Waals surface area contributed by atoms with E-state index in [-0.39, 0.29) is 5.91 Å². The molecule has 0 aliphatic carbocycles. The lowest BCUT2D eigenvalue weighted by molar-refractivity contribution is 0.0955. The maximum atomic E-state index is 12.2. The topological polar surface area (TPSA) is 70.1 Å². The van der Waals surface area contributed by atoms with Crippen LogP contribution in [0.15, 0.2) is 87.5 Å². The van der Waals surface area contributed by atoms with E-state index in [1.54, 1.807) is 30.1 Å². The molecule has 29 heavy (non-hydrogen) atoms. The van der Waals surface area contributed by atoms with E-state index in [1.807, 2.05) is 60.7 Å². The van der Waals surface area contributed by atoms with E-state index in [0.29, 0.717) is 5.56 Å². The third-order valence-electron chi connectivity index (χ3n) is 4.19. The number of nitrogens with one attached hydrogen (secondary N) is 2. The summed E-state index contributed by atoms with van der Waals surface area (Å²) >= 11 is 5.04. The Morgan fingerprint density at radius 3 is 2.72 bits per heavy atom. The number of carbonyl (C=O) groups excluding carboxylic acids is 1. The van der Waals surface area contributed by atoms with Crippen molar-refractivity contribution in [1.82, 2.24) is 15.4 Å². The Kier molecular flexibility index (Phi) is 6.07. The Balaban J connectivity index is 1.32. The number of aromatic nitrogens is 2. The van der Waals surface area contributed by atoms with Gasteiger partial charge in [-0.3, -0.25) is 4.79 Å². The first kappa shape index (κ1) is 19.4. The molecule has 3 aromatic carbocycles. The zero-order valence-corrected chi connectivity index (χ0v) is 17.7. The quantitative estimate of drug-likeness (QED) is 0.228. The number of H-pyrrole nitrogens is 1. The van der Waals surface area contributed by atoms with Gasteiger partial charge in [0.2, 0.25) is 0 Å². The van der Waals surface area contributed by atoms with E-state index >= 15 is 0 Å². The number of benzene rings is 3. The van der Waals surface area contributed by atoms with Crippen LogP contribution in [0.25, 0.3) is 11.0 Å². The number of aromatic amines is 1. The monoisotopic (exact) mass is 464 g/mol. The Morgan fingerprint density at radius 2 is 1.93 bits per heavy atom. The van der Waals surface area contributed by atoms with Crippen molar-refractivity contribution in [2.24, 2.45) is 5.10 Å². The van der Waals surface area contributed by atoms with Crippen LogP contribution >= 0.6 is 27.7 Å². The third kappa shape index (κ3) is 5.13. The number of halogens is 1. The average Bonchev–Trinajstić information content (AvgIpc) is 3.16. The Hall–Kier alpha value is -2.90. The van der Waals surface area contributed by atoms with Crippen LogP contribution in [-0.2, 0) is 5.75 Å². The summed E-state index contributed by atoms with van der Waals surface area (Å²) < 4.78 is 0.962. The summed E-state index contributed by atoms with van der Waals surface area (Å²) in [7, 11) is 0. The minimum absolute atomic E-state index is 0.243. The van der Waals surface area contributed by atoms with Crippen molar-refractivity contribution >= 4 is 50.8 Å². The summed E-state index contributed by atoms with van der Waals surface area (Å²) in [5, 5.41) is 4.90. The van der Waals surface area contributed by atoms with Crippen LogP contribution in [0.2, 0.25) is 0 Å². The molecule has 0 fully saturated rings. The van der Waals surface area contributed by atoms with Crippen molar-refractivity contribution in [2.75, 3.05) is 0 Å². The maximum absolute atomic E-state index is 12.2. The van der Waals surface area contributed by atoms with E-state index in [0.717, 1.165) is 37.5 Å². The molecule has 0 aliphatic heterocycles. The Morgan fingerprint density at radius 1 is 1.10 bits per heavy atom. The number of thioether (sulfide) groups is 1. The van der Waals surface area contributed by atoms with Gasteiger partial charge in [0, 0.05) is 15.8 Å². The van der Waals surface area contributed by atoms with Crippen LogP contribution in [0, 0.1) is 0 Å². The summed E-state index contributed by atoms with van der Waals surface area (Å²) in [5.74, 6) is 0.524. The SMILES string of the molecule is O=C(NN=Cc1cccc(Br)c1)c1ccc(CSc2nc3ccccc3[nH]2)cc1. The van der Waals surface area contributed by atoms with Crippen LogP contribution in [0.3, 0.4) is 0 Å². The minimum atomic E-state index is -0.243. The van der Waals surface area contributed by atoms with E-state index < -0.39 is 0 Å². The number of hydrogen-bond donors (Lipinski definition) is 2. The van der Waals surface area contributed by atoms with E-state index in [1.165, 1.54) is 0 Å². The zero-order chi connectivity index (χ0) is 20.1. The molecule has 1 heterocycles. The first-order valence-electron chi connectivity index (χ1n) is 8.93. The highest BCUT2D eigenvalue weighted by Gasteiger charge is 2.06. The second-order valence-electron chi connectivity index (χ2n) is 6.30.